The first-order chi connectivity index (χ1) is 9.38. The number of amides is 1. The minimum atomic E-state index is -3.90. The molecule has 0 aromatic carbocycles. The Balaban J connectivity index is 1.92. The summed E-state index contributed by atoms with van der Waals surface area (Å²) < 4.78 is 27.5. The number of carbonyl (C=O) groups is 1. The topological polar surface area (TPSA) is 102 Å². The molecule has 1 amide bonds. The van der Waals surface area contributed by atoms with Gasteiger partial charge in [0.1, 0.15) is 4.90 Å². The summed E-state index contributed by atoms with van der Waals surface area (Å²) in [6.45, 7) is 0.562. The zero-order chi connectivity index (χ0) is 14.8. The fraction of sp³-hybridized carbons (Fsp3) is 0.583. The Morgan fingerprint density at radius 3 is 2.65 bits per heavy atom. The number of rotatable bonds is 5. The molecule has 1 saturated carbocycles. The third-order valence-electron chi connectivity index (χ3n) is 3.50. The molecule has 3 N–H and O–H groups in total. The van der Waals surface area contributed by atoms with E-state index in [2.05, 4.69) is 21.2 Å². The first kappa shape index (κ1) is 15.5. The van der Waals surface area contributed by atoms with Crippen molar-refractivity contribution in [1.29, 1.82) is 0 Å². The van der Waals surface area contributed by atoms with E-state index in [0.29, 0.717) is 12.5 Å². The summed E-state index contributed by atoms with van der Waals surface area (Å²) in [6, 6.07) is 1.13. The number of sulfonamides is 1. The van der Waals surface area contributed by atoms with Gasteiger partial charge in [0.25, 0.3) is 5.91 Å². The molecule has 0 bridgehead atoms. The van der Waals surface area contributed by atoms with Gasteiger partial charge < -0.3 is 9.73 Å². The van der Waals surface area contributed by atoms with Gasteiger partial charge in [0, 0.05) is 12.6 Å². The lowest BCUT2D eigenvalue weighted by atomic mass is 10.0. The summed E-state index contributed by atoms with van der Waals surface area (Å²) in [6.07, 6.45) is 5.91. The number of furan rings is 1. The predicted molar refractivity (Wildman–Crippen MR) is 76.7 cm³/mol. The Hall–Kier alpha value is -0.860. The van der Waals surface area contributed by atoms with E-state index in [1.807, 2.05) is 0 Å². The maximum Gasteiger partial charge on any atom is 0.287 e. The van der Waals surface area contributed by atoms with Crippen molar-refractivity contribution in [1.82, 2.24) is 5.32 Å². The number of carbonyl (C=O) groups excluding carboxylic acids is 1. The largest absolute Gasteiger partial charge is 0.443 e. The van der Waals surface area contributed by atoms with Gasteiger partial charge in [0.05, 0.1) is 0 Å². The highest BCUT2D eigenvalue weighted by molar-refractivity contribution is 9.10. The zero-order valence-electron chi connectivity index (χ0n) is 10.9. The zero-order valence-corrected chi connectivity index (χ0v) is 13.3. The molecule has 0 aliphatic heterocycles. The highest BCUT2D eigenvalue weighted by Gasteiger charge is 2.22. The monoisotopic (exact) mass is 364 g/mol. The number of nitrogens with two attached hydrogens (primary N) is 1. The maximum absolute atomic E-state index is 11.8. The van der Waals surface area contributed by atoms with Crippen LogP contribution in [0.25, 0.3) is 0 Å². The van der Waals surface area contributed by atoms with Crippen LogP contribution in [-0.4, -0.2) is 20.9 Å². The van der Waals surface area contributed by atoms with Gasteiger partial charge >= 0.3 is 0 Å². The quantitative estimate of drug-likeness (QED) is 0.833. The molecule has 0 saturated heterocycles. The van der Waals surface area contributed by atoms with Crippen molar-refractivity contribution in [2.24, 2.45) is 11.1 Å². The average Bonchev–Trinajstić information content (AvgIpc) is 2.97. The van der Waals surface area contributed by atoms with Crippen LogP contribution in [-0.2, 0) is 10.0 Å². The van der Waals surface area contributed by atoms with Crippen molar-refractivity contribution in [3.05, 3.63) is 16.5 Å². The summed E-state index contributed by atoms with van der Waals surface area (Å²) >= 11 is 2.94. The van der Waals surface area contributed by atoms with Gasteiger partial charge in [-0.25, -0.2) is 13.6 Å². The predicted octanol–water partition coefficient (Wildman–Crippen LogP) is 2.00. The van der Waals surface area contributed by atoms with E-state index in [1.165, 1.54) is 25.7 Å². The van der Waals surface area contributed by atoms with E-state index in [0.717, 1.165) is 12.5 Å². The molecule has 20 heavy (non-hydrogen) atoms. The van der Waals surface area contributed by atoms with Gasteiger partial charge in [-0.2, -0.15) is 0 Å². The van der Waals surface area contributed by atoms with Crippen LogP contribution in [0.4, 0.5) is 0 Å². The van der Waals surface area contributed by atoms with Crippen molar-refractivity contribution >= 4 is 31.9 Å². The maximum atomic E-state index is 11.8. The molecule has 1 aromatic rings. The Morgan fingerprint density at radius 1 is 1.45 bits per heavy atom. The summed E-state index contributed by atoms with van der Waals surface area (Å²) in [5.41, 5.74) is 0. The molecule has 0 unspecified atom stereocenters. The molecule has 1 heterocycles. The number of hydrogen-bond donors (Lipinski definition) is 2. The molecule has 2 rings (SSSR count). The molecule has 6 nitrogen and oxygen atoms in total. The van der Waals surface area contributed by atoms with Crippen LogP contribution in [0.5, 0.6) is 0 Å². The SMILES string of the molecule is NS(=O)(=O)c1cc(C(=O)NCCC2CCCC2)oc1Br. The first-order valence-electron chi connectivity index (χ1n) is 6.48. The Bertz CT molecular complexity index is 591. The van der Waals surface area contributed by atoms with Crippen LogP contribution in [0.1, 0.15) is 42.7 Å². The summed E-state index contributed by atoms with van der Waals surface area (Å²) in [7, 11) is -3.90. The van der Waals surface area contributed by atoms with E-state index >= 15 is 0 Å². The van der Waals surface area contributed by atoms with Gasteiger partial charge in [-0.3, -0.25) is 4.79 Å². The second-order valence-electron chi connectivity index (χ2n) is 4.99. The van der Waals surface area contributed by atoms with Crippen LogP contribution in [0.2, 0.25) is 0 Å². The summed E-state index contributed by atoms with van der Waals surface area (Å²) in [5.74, 6) is 0.185. The first-order valence-corrected chi connectivity index (χ1v) is 8.82. The van der Waals surface area contributed by atoms with Gasteiger partial charge in [0.2, 0.25) is 10.0 Å². The minimum Gasteiger partial charge on any atom is -0.443 e. The Morgan fingerprint density at radius 2 is 2.10 bits per heavy atom. The standard InChI is InChI=1S/C12H17BrN2O4S/c13-11-10(20(14,17)18)7-9(19-11)12(16)15-6-5-8-3-1-2-4-8/h7-8H,1-6H2,(H,15,16)(H2,14,17,18). The lowest BCUT2D eigenvalue weighted by Crippen LogP contribution is -2.25. The van der Waals surface area contributed by atoms with Crippen LogP contribution in [0.15, 0.2) is 20.0 Å². The number of nitrogens with one attached hydrogen (secondary N) is 1. The van der Waals surface area contributed by atoms with Crippen molar-refractivity contribution in [2.75, 3.05) is 6.54 Å². The van der Waals surface area contributed by atoms with Crippen molar-refractivity contribution in [2.45, 2.75) is 37.0 Å². The summed E-state index contributed by atoms with van der Waals surface area (Å²) in [5, 5.41) is 7.73. The molecule has 0 atom stereocenters. The minimum absolute atomic E-state index is 0.0547. The van der Waals surface area contributed by atoms with Crippen molar-refractivity contribution < 1.29 is 17.6 Å². The molecule has 8 heteroatoms. The van der Waals surface area contributed by atoms with Crippen LogP contribution in [0, 0.1) is 5.92 Å². The van der Waals surface area contributed by atoms with Gasteiger partial charge in [-0.05, 0) is 28.3 Å². The third-order valence-corrected chi connectivity index (χ3v) is 5.27. The van der Waals surface area contributed by atoms with E-state index in [9.17, 15) is 13.2 Å². The lowest BCUT2D eigenvalue weighted by molar-refractivity contribution is 0.0922. The fourth-order valence-corrected chi connectivity index (χ4v) is 3.94. The average molecular weight is 365 g/mol. The smallest absolute Gasteiger partial charge is 0.287 e. The molecule has 1 aliphatic carbocycles. The molecule has 1 aliphatic rings. The van der Waals surface area contributed by atoms with Gasteiger partial charge in [0.15, 0.2) is 10.4 Å². The Kier molecular flexibility index (Phi) is 4.87. The normalized spacial score (nSPS) is 16.5. The molecule has 0 spiro atoms. The van der Waals surface area contributed by atoms with E-state index in [1.54, 1.807) is 0 Å². The molecular weight excluding hydrogens is 348 g/mol. The second kappa shape index (κ2) is 6.28. The van der Waals surface area contributed by atoms with Crippen LogP contribution >= 0.6 is 15.9 Å². The molecule has 1 fully saturated rings. The molecule has 0 radical (unpaired) electrons. The highest BCUT2D eigenvalue weighted by atomic mass is 79.9. The van der Waals surface area contributed by atoms with E-state index in [4.69, 9.17) is 9.56 Å². The van der Waals surface area contributed by atoms with Gasteiger partial charge in [-0.1, -0.05) is 25.7 Å². The summed E-state index contributed by atoms with van der Waals surface area (Å²) in [4.78, 5) is 11.6. The highest BCUT2D eigenvalue weighted by Crippen LogP contribution is 2.27. The number of halogens is 1. The molecule has 1 aromatic heterocycles. The van der Waals surface area contributed by atoms with Crippen molar-refractivity contribution in [3.8, 4) is 0 Å². The molecular formula is C12H17BrN2O4S. The van der Waals surface area contributed by atoms with Crippen LogP contribution in [0.3, 0.4) is 0 Å². The van der Waals surface area contributed by atoms with E-state index < -0.39 is 15.9 Å². The molecule has 112 valence electrons. The number of primary sulfonamides is 1. The lowest BCUT2D eigenvalue weighted by Gasteiger charge is -2.08. The van der Waals surface area contributed by atoms with Crippen LogP contribution < -0.4 is 10.5 Å². The third kappa shape index (κ3) is 3.83. The van der Waals surface area contributed by atoms with Crippen molar-refractivity contribution in [3.63, 3.8) is 0 Å². The van der Waals surface area contributed by atoms with E-state index in [-0.39, 0.29) is 15.3 Å². The Labute approximate surface area is 126 Å². The second-order valence-corrected chi connectivity index (χ2v) is 7.24. The van der Waals surface area contributed by atoms with Gasteiger partial charge in [-0.15, -0.1) is 0 Å². The fourth-order valence-electron chi connectivity index (χ4n) is 2.43. The number of hydrogen-bond acceptors (Lipinski definition) is 4.